The van der Waals surface area contributed by atoms with Gasteiger partial charge < -0.3 is 10.2 Å². The van der Waals surface area contributed by atoms with E-state index in [0.29, 0.717) is 0 Å². The van der Waals surface area contributed by atoms with Crippen LogP contribution in [-0.4, -0.2) is 48.1 Å². The first kappa shape index (κ1) is 11.7. The molecule has 1 aliphatic heterocycles. The van der Waals surface area contributed by atoms with E-state index in [1.54, 1.807) is 0 Å². The van der Waals surface area contributed by atoms with E-state index in [1.807, 2.05) is 11.8 Å². The van der Waals surface area contributed by atoms with Crippen LogP contribution in [0.25, 0.3) is 0 Å². The summed E-state index contributed by atoms with van der Waals surface area (Å²) in [6.07, 6.45) is 7.82. The Morgan fingerprint density at radius 2 is 2.13 bits per heavy atom. The Morgan fingerprint density at radius 3 is 2.80 bits per heavy atom. The number of hydrogen-bond acceptors (Lipinski definition) is 3. The molecule has 0 radical (unpaired) electrons. The van der Waals surface area contributed by atoms with Crippen molar-refractivity contribution in [3.63, 3.8) is 0 Å². The van der Waals surface area contributed by atoms with Crippen molar-refractivity contribution in [3.8, 4) is 0 Å². The number of piperidine rings is 1. The second-order valence-electron chi connectivity index (χ2n) is 5.09. The summed E-state index contributed by atoms with van der Waals surface area (Å²) in [6, 6.07) is 1.65. The molecule has 0 aromatic heterocycles. The number of nitrogens with one attached hydrogen (secondary N) is 1. The second kappa shape index (κ2) is 5.55. The first-order chi connectivity index (χ1) is 7.28. The second-order valence-corrected chi connectivity index (χ2v) is 6.36. The summed E-state index contributed by atoms with van der Waals surface area (Å²) in [6.45, 7) is 6.20. The monoisotopic (exact) mass is 228 g/mol. The predicted molar refractivity (Wildman–Crippen MR) is 68.6 cm³/mol. The highest BCUT2D eigenvalue weighted by Crippen LogP contribution is 2.22. The predicted octanol–water partition coefficient (Wildman–Crippen LogP) is 1.95. The minimum Gasteiger partial charge on any atom is -0.310 e. The molecule has 1 aliphatic carbocycles. The highest BCUT2D eigenvalue weighted by molar-refractivity contribution is 7.99. The van der Waals surface area contributed by atoms with Crippen LogP contribution in [0.15, 0.2) is 0 Å². The van der Waals surface area contributed by atoms with Gasteiger partial charge in [-0.15, -0.1) is 0 Å². The van der Waals surface area contributed by atoms with E-state index >= 15 is 0 Å². The Kier molecular flexibility index (Phi) is 4.35. The molecule has 0 spiro atoms. The highest BCUT2D eigenvalue weighted by atomic mass is 32.2. The Morgan fingerprint density at radius 1 is 1.33 bits per heavy atom. The van der Waals surface area contributed by atoms with E-state index < -0.39 is 0 Å². The topological polar surface area (TPSA) is 15.3 Å². The molecule has 1 heterocycles. The molecule has 15 heavy (non-hydrogen) atoms. The fourth-order valence-corrected chi connectivity index (χ4v) is 2.74. The van der Waals surface area contributed by atoms with Crippen LogP contribution in [0.3, 0.4) is 0 Å². The molecule has 0 amide bonds. The lowest BCUT2D eigenvalue weighted by Crippen LogP contribution is -2.47. The van der Waals surface area contributed by atoms with Gasteiger partial charge in [0.05, 0.1) is 0 Å². The van der Waals surface area contributed by atoms with E-state index in [2.05, 4.69) is 23.4 Å². The molecule has 2 nitrogen and oxygen atoms in total. The summed E-state index contributed by atoms with van der Waals surface area (Å²) < 4.78 is 0. The van der Waals surface area contributed by atoms with Gasteiger partial charge in [0.15, 0.2) is 0 Å². The zero-order valence-corrected chi connectivity index (χ0v) is 10.9. The van der Waals surface area contributed by atoms with Crippen LogP contribution in [0.1, 0.15) is 32.6 Å². The molecular formula is C12H24N2S. The summed E-state index contributed by atoms with van der Waals surface area (Å²) in [5.74, 6) is 0. The fraction of sp³-hybridized carbons (Fsp3) is 1.00. The van der Waals surface area contributed by atoms with Gasteiger partial charge in [-0.1, -0.05) is 6.92 Å². The van der Waals surface area contributed by atoms with Crippen LogP contribution in [0.4, 0.5) is 0 Å². The van der Waals surface area contributed by atoms with Gasteiger partial charge in [0.25, 0.3) is 0 Å². The molecule has 88 valence electrons. The Bertz CT molecular complexity index is 194. The standard InChI is InChI=1S/C12H24N2S/c1-10(15-2)8-14-7-3-4-12(9-14)13-11-5-6-11/h10-13H,3-9H2,1-2H3. The van der Waals surface area contributed by atoms with Gasteiger partial charge in [-0.05, 0) is 38.5 Å². The average molecular weight is 228 g/mol. The highest BCUT2D eigenvalue weighted by Gasteiger charge is 2.27. The molecular weight excluding hydrogens is 204 g/mol. The van der Waals surface area contributed by atoms with Gasteiger partial charge in [0.2, 0.25) is 0 Å². The van der Waals surface area contributed by atoms with Gasteiger partial charge in [0.1, 0.15) is 0 Å². The third-order valence-electron chi connectivity index (χ3n) is 3.47. The van der Waals surface area contributed by atoms with E-state index in [0.717, 1.165) is 17.3 Å². The van der Waals surface area contributed by atoms with Gasteiger partial charge in [0, 0.05) is 30.4 Å². The van der Waals surface area contributed by atoms with Crippen molar-refractivity contribution < 1.29 is 0 Å². The van der Waals surface area contributed by atoms with Crippen molar-refractivity contribution in [1.82, 2.24) is 10.2 Å². The summed E-state index contributed by atoms with van der Waals surface area (Å²) >= 11 is 1.98. The van der Waals surface area contributed by atoms with Crippen LogP contribution in [0, 0.1) is 0 Å². The molecule has 2 fully saturated rings. The summed E-state index contributed by atoms with van der Waals surface area (Å²) in [7, 11) is 0. The number of likely N-dealkylation sites (tertiary alicyclic amines) is 1. The quantitative estimate of drug-likeness (QED) is 0.774. The van der Waals surface area contributed by atoms with Crippen LogP contribution in [-0.2, 0) is 0 Å². The SMILES string of the molecule is CSC(C)CN1CCCC(NC2CC2)C1. The van der Waals surface area contributed by atoms with Gasteiger partial charge in [-0.25, -0.2) is 0 Å². The van der Waals surface area contributed by atoms with E-state index in [9.17, 15) is 0 Å². The van der Waals surface area contributed by atoms with Crippen LogP contribution >= 0.6 is 11.8 Å². The van der Waals surface area contributed by atoms with Crippen molar-refractivity contribution >= 4 is 11.8 Å². The zero-order valence-electron chi connectivity index (χ0n) is 10.0. The molecule has 1 saturated heterocycles. The molecule has 2 aliphatic rings. The lowest BCUT2D eigenvalue weighted by molar-refractivity contribution is 0.192. The largest absolute Gasteiger partial charge is 0.310 e. The van der Waals surface area contributed by atoms with E-state index in [1.165, 1.54) is 45.3 Å². The molecule has 3 heteroatoms. The van der Waals surface area contributed by atoms with Crippen LogP contribution < -0.4 is 5.32 Å². The van der Waals surface area contributed by atoms with E-state index in [-0.39, 0.29) is 0 Å². The molecule has 1 N–H and O–H groups in total. The van der Waals surface area contributed by atoms with Crippen molar-refractivity contribution in [2.24, 2.45) is 0 Å². The number of rotatable bonds is 5. The molecule has 0 aromatic rings. The average Bonchev–Trinajstić information content (AvgIpc) is 3.02. The van der Waals surface area contributed by atoms with Crippen LogP contribution in [0.2, 0.25) is 0 Å². The maximum absolute atomic E-state index is 3.77. The van der Waals surface area contributed by atoms with Crippen molar-refractivity contribution in [2.75, 3.05) is 25.9 Å². The Hall–Kier alpha value is 0.270. The molecule has 0 bridgehead atoms. The normalized spacial score (nSPS) is 30.4. The maximum Gasteiger partial charge on any atom is 0.0198 e. The Labute approximate surface area is 98.2 Å². The van der Waals surface area contributed by atoms with Gasteiger partial charge in [-0.2, -0.15) is 11.8 Å². The third-order valence-corrected chi connectivity index (χ3v) is 4.43. The third kappa shape index (κ3) is 3.97. The summed E-state index contributed by atoms with van der Waals surface area (Å²) in [4.78, 5) is 2.64. The number of hydrogen-bond donors (Lipinski definition) is 1. The van der Waals surface area contributed by atoms with Crippen LogP contribution in [0.5, 0.6) is 0 Å². The summed E-state index contributed by atoms with van der Waals surface area (Å²) in [5.41, 5.74) is 0. The molecule has 2 rings (SSSR count). The van der Waals surface area contributed by atoms with E-state index in [4.69, 9.17) is 0 Å². The minimum absolute atomic E-state index is 0.778. The minimum atomic E-state index is 0.778. The number of nitrogens with zero attached hydrogens (tertiary/aromatic N) is 1. The number of thioether (sulfide) groups is 1. The van der Waals surface area contributed by atoms with Gasteiger partial charge in [-0.3, -0.25) is 0 Å². The molecule has 0 aromatic carbocycles. The molecule has 2 unspecified atom stereocenters. The Balaban J connectivity index is 1.70. The smallest absolute Gasteiger partial charge is 0.0198 e. The molecule has 2 atom stereocenters. The zero-order chi connectivity index (χ0) is 10.7. The lowest BCUT2D eigenvalue weighted by Gasteiger charge is -2.34. The van der Waals surface area contributed by atoms with Crippen molar-refractivity contribution in [3.05, 3.63) is 0 Å². The summed E-state index contributed by atoms with van der Waals surface area (Å²) in [5, 5.41) is 4.55. The lowest BCUT2D eigenvalue weighted by atomic mass is 10.1. The fourth-order valence-electron chi connectivity index (χ4n) is 2.38. The van der Waals surface area contributed by atoms with Crippen molar-refractivity contribution in [2.45, 2.75) is 49.9 Å². The molecule has 1 saturated carbocycles. The first-order valence-corrected chi connectivity index (χ1v) is 7.58. The maximum atomic E-state index is 3.77. The van der Waals surface area contributed by atoms with Crippen molar-refractivity contribution in [1.29, 1.82) is 0 Å². The first-order valence-electron chi connectivity index (χ1n) is 6.29. The van der Waals surface area contributed by atoms with Gasteiger partial charge >= 0.3 is 0 Å².